The first-order valence-electron chi connectivity index (χ1n) is 5.87. The average Bonchev–Trinajstić information content (AvgIpc) is 2.20. The second-order valence-corrected chi connectivity index (χ2v) is 7.61. The van der Waals surface area contributed by atoms with Crippen LogP contribution in [0.2, 0.25) is 0 Å². The van der Waals surface area contributed by atoms with E-state index in [1.54, 1.807) is 19.1 Å². The van der Waals surface area contributed by atoms with Crippen LogP contribution in [0.3, 0.4) is 0 Å². The van der Waals surface area contributed by atoms with Gasteiger partial charge in [0.15, 0.2) is 0 Å². The largest absolute Gasteiger partial charge is 0.398 e. The van der Waals surface area contributed by atoms with Crippen LogP contribution in [0.4, 0.5) is 5.69 Å². The minimum atomic E-state index is -3.48. The summed E-state index contributed by atoms with van der Waals surface area (Å²) in [5, 5.41) is 0. The predicted octanol–water partition coefficient (Wildman–Crippen LogP) is 2.42. The van der Waals surface area contributed by atoms with Gasteiger partial charge in [-0.3, -0.25) is 0 Å². The molecule has 0 spiro atoms. The molecule has 0 aromatic heterocycles. The lowest BCUT2D eigenvalue weighted by Crippen LogP contribution is -2.43. The lowest BCUT2D eigenvalue weighted by Gasteiger charge is -2.33. The Morgan fingerprint density at radius 1 is 1.39 bits per heavy atom. The van der Waals surface area contributed by atoms with Crippen molar-refractivity contribution in [2.45, 2.75) is 37.6 Å². The summed E-state index contributed by atoms with van der Waals surface area (Å²) in [5.74, 6) is 0.603. The normalized spacial score (nSPS) is 23.7. The number of nitrogens with one attached hydrogen (secondary N) is 1. The number of sulfonamides is 1. The lowest BCUT2D eigenvalue weighted by atomic mass is 9.83. The van der Waals surface area contributed by atoms with Gasteiger partial charge in [0.1, 0.15) is 0 Å². The van der Waals surface area contributed by atoms with Crippen molar-refractivity contribution in [3.8, 4) is 0 Å². The quantitative estimate of drug-likeness (QED) is 0.835. The molecule has 1 aliphatic rings. The molecule has 0 heterocycles. The molecule has 0 bridgehead atoms. The van der Waals surface area contributed by atoms with Crippen LogP contribution in [-0.4, -0.2) is 14.5 Å². The minimum absolute atomic E-state index is 0.0598. The molecule has 1 fully saturated rings. The maximum absolute atomic E-state index is 12.3. The summed E-state index contributed by atoms with van der Waals surface area (Å²) < 4.78 is 28.0. The first-order chi connectivity index (χ1) is 8.29. The molecule has 0 amide bonds. The van der Waals surface area contributed by atoms with Gasteiger partial charge >= 0.3 is 0 Å². The fourth-order valence-corrected chi connectivity index (χ4v) is 4.42. The Hall–Kier alpha value is -0.590. The average molecular weight is 333 g/mol. The zero-order valence-corrected chi connectivity index (χ0v) is 12.8. The van der Waals surface area contributed by atoms with Crippen molar-refractivity contribution in [3.05, 3.63) is 22.2 Å². The van der Waals surface area contributed by atoms with Crippen LogP contribution in [0.15, 0.2) is 21.5 Å². The number of anilines is 1. The minimum Gasteiger partial charge on any atom is -0.398 e. The second-order valence-electron chi connectivity index (χ2n) is 5.01. The summed E-state index contributed by atoms with van der Waals surface area (Å²) in [6.07, 6.45) is 1.81. The van der Waals surface area contributed by atoms with E-state index in [9.17, 15) is 8.42 Å². The van der Waals surface area contributed by atoms with Gasteiger partial charge in [0.05, 0.1) is 4.90 Å². The fraction of sp³-hybridized carbons (Fsp3) is 0.500. The Morgan fingerprint density at radius 3 is 2.56 bits per heavy atom. The molecule has 6 heteroatoms. The van der Waals surface area contributed by atoms with Crippen LogP contribution < -0.4 is 10.5 Å². The van der Waals surface area contributed by atoms with E-state index in [4.69, 9.17) is 5.73 Å². The summed E-state index contributed by atoms with van der Waals surface area (Å²) in [6.45, 7) is 3.84. The number of nitrogens with two attached hydrogens (primary N) is 1. The third kappa shape index (κ3) is 2.70. The molecule has 0 radical (unpaired) electrons. The summed E-state index contributed by atoms with van der Waals surface area (Å²) in [7, 11) is -3.48. The zero-order valence-electron chi connectivity index (χ0n) is 10.4. The highest BCUT2D eigenvalue weighted by Crippen LogP contribution is 2.30. The molecule has 1 aromatic rings. The smallest absolute Gasteiger partial charge is 0.241 e. The van der Waals surface area contributed by atoms with Gasteiger partial charge in [0, 0.05) is 16.2 Å². The van der Waals surface area contributed by atoms with Gasteiger partial charge in [-0.05, 0) is 43.4 Å². The number of hydrogen-bond acceptors (Lipinski definition) is 3. The van der Waals surface area contributed by atoms with Gasteiger partial charge in [0.25, 0.3) is 0 Å². The van der Waals surface area contributed by atoms with Crippen molar-refractivity contribution in [2.24, 2.45) is 5.92 Å². The first kappa shape index (κ1) is 13.8. The van der Waals surface area contributed by atoms with Crippen LogP contribution in [0.25, 0.3) is 0 Å². The van der Waals surface area contributed by atoms with Gasteiger partial charge in [-0.2, -0.15) is 0 Å². The topological polar surface area (TPSA) is 72.2 Å². The Balaban J connectivity index is 2.29. The molecule has 3 N–H and O–H groups in total. The van der Waals surface area contributed by atoms with Crippen molar-refractivity contribution >= 4 is 31.6 Å². The predicted molar refractivity (Wildman–Crippen MR) is 75.8 cm³/mol. The molecule has 0 aliphatic heterocycles. The molecule has 1 aromatic carbocycles. The van der Waals surface area contributed by atoms with Gasteiger partial charge < -0.3 is 5.73 Å². The van der Waals surface area contributed by atoms with E-state index in [0.717, 1.165) is 12.8 Å². The van der Waals surface area contributed by atoms with Crippen molar-refractivity contribution in [1.82, 2.24) is 4.72 Å². The van der Waals surface area contributed by atoms with E-state index >= 15 is 0 Å². The molecular weight excluding hydrogens is 316 g/mol. The van der Waals surface area contributed by atoms with Gasteiger partial charge in [-0.1, -0.05) is 22.9 Å². The zero-order chi connectivity index (χ0) is 13.5. The highest BCUT2D eigenvalue weighted by Gasteiger charge is 2.30. The molecule has 18 heavy (non-hydrogen) atoms. The summed E-state index contributed by atoms with van der Waals surface area (Å²) >= 11 is 3.27. The molecular formula is C12H17BrN2O2S. The summed E-state index contributed by atoms with van der Waals surface area (Å²) in [4.78, 5) is 0.258. The maximum atomic E-state index is 12.3. The van der Waals surface area contributed by atoms with Gasteiger partial charge in [-0.25, -0.2) is 13.1 Å². The standard InChI is InChI=1S/C12H17BrN2O2S/c1-7-3-10(4-7)15-18(16,17)12-6-9(13)5-11(14)8(12)2/h5-7,10,15H,3-4,14H2,1-2H3. The SMILES string of the molecule is Cc1c(N)cc(Br)cc1S(=O)(=O)NC1CC(C)C1. The molecule has 1 aliphatic carbocycles. The number of benzene rings is 1. The Labute approximate surface area is 116 Å². The molecule has 1 saturated carbocycles. The van der Waals surface area contributed by atoms with Crippen molar-refractivity contribution in [3.63, 3.8) is 0 Å². The fourth-order valence-electron chi connectivity index (χ4n) is 2.23. The van der Waals surface area contributed by atoms with Crippen LogP contribution >= 0.6 is 15.9 Å². The molecule has 0 saturated heterocycles. The number of halogens is 1. The number of nitrogen functional groups attached to an aromatic ring is 1. The third-order valence-electron chi connectivity index (χ3n) is 3.35. The summed E-state index contributed by atoms with van der Waals surface area (Å²) in [5.41, 5.74) is 6.87. The van der Waals surface area contributed by atoms with E-state index in [0.29, 0.717) is 21.6 Å². The summed E-state index contributed by atoms with van der Waals surface area (Å²) in [6, 6.07) is 3.36. The highest BCUT2D eigenvalue weighted by atomic mass is 79.9. The second kappa shape index (κ2) is 4.83. The molecule has 0 unspecified atom stereocenters. The molecule has 2 rings (SSSR count). The number of hydrogen-bond donors (Lipinski definition) is 2. The molecule has 100 valence electrons. The van der Waals surface area contributed by atoms with E-state index in [1.165, 1.54) is 0 Å². The van der Waals surface area contributed by atoms with Crippen LogP contribution in [0.1, 0.15) is 25.3 Å². The van der Waals surface area contributed by atoms with E-state index in [2.05, 4.69) is 27.6 Å². The van der Waals surface area contributed by atoms with E-state index in [-0.39, 0.29) is 10.9 Å². The molecule has 4 nitrogen and oxygen atoms in total. The lowest BCUT2D eigenvalue weighted by molar-refractivity contribution is 0.270. The van der Waals surface area contributed by atoms with Gasteiger partial charge in [0.2, 0.25) is 10.0 Å². The monoisotopic (exact) mass is 332 g/mol. The highest BCUT2D eigenvalue weighted by molar-refractivity contribution is 9.10. The first-order valence-corrected chi connectivity index (χ1v) is 8.15. The maximum Gasteiger partial charge on any atom is 0.241 e. The van der Waals surface area contributed by atoms with E-state index in [1.807, 2.05) is 0 Å². The Bertz CT molecular complexity index is 566. The van der Waals surface area contributed by atoms with Crippen molar-refractivity contribution in [2.75, 3.05) is 5.73 Å². The Kier molecular flexibility index (Phi) is 3.71. The Morgan fingerprint density at radius 2 is 2.00 bits per heavy atom. The third-order valence-corrected chi connectivity index (χ3v) is 5.45. The van der Waals surface area contributed by atoms with Crippen molar-refractivity contribution < 1.29 is 8.42 Å². The van der Waals surface area contributed by atoms with Crippen LogP contribution in [0, 0.1) is 12.8 Å². The van der Waals surface area contributed by atoms with Crippen LogP contribution in [-0.2, 0) is 10.0 Å². The number of rotatable bonds is 3. The van der Waals surface area contributed by atoms with Crippen molar-refractivity contribution in [1.29, 1.82) is 0 Å². The van der Waals surface area contributed by atoms with Gasteiger partial charge in [-0.15, -0.1) is 0 Å². The van der Waals surface area contributed by atoms with E-state index < -0.39 is 10.0 Å². The molecule has 0 atom stereocenters. The van der Waals surface area contributed by atoms with Crippen LogP contribution in [0.5, 0.6) is 0 Å².